The molecule has 0 N–H and O–H groups in total. The summed E-state index contributed by atoms with van der Waals surface area (Å²) < 4.78 is 4.58. The zero-order valence-electron chi connectivity index (χ0n) is 12.4. The van der Waals surface area contributed by atoms with E-state index in [1.165, 1.54) is 18.1 Å². The predicted octanol–water partition coefficient (Wildman–Crippen LogP) is 1.98. The van der Waals surface area contributed by atoms with Crippen LogP contribution in [0.1, 0.15) is 25.0 Å². The SMILES string of the molecule is COC(=O)CN(C(=O)C=Cc1ccc(C#N)cc1)C(C)C. The third-order valence-electron chi connectivity index (χ3n) is 2.89. The Morgan fingerprint density at radius 2 is 1.95 bits per heavy atom. The molecule has 1 aromatic carbocycles. The molecule has 0 fully saturated rings. The van der Waals surface area contributed by atoms with Crippen LogP contribution in [0.25, 0.3) is 6.08 Å². The molecule has 110 valence electrons. The second kappa shape index (κ2) is 7.85. The molecule has 0 saturated carbocycles. The van der Waals surface area contributed by atoms with Gasteiger partial charge < -0.3 is 9.64 Å². The van der Waals surface area contributed by atoms with Crippen molar-refractivity contribution in [1.29, 1.82) is 5.26 Å². The van der Waals surface area contributed by atoms with E-state index in [0.29, 0.717) is 5.56 Å². The van der Waals surface area contributed by atoms with Crippen LogP contribution in [0.3, 0.4) is 0 Å². The number of nitriles is 1. The van der Waals surface area contributed by atoms with E-state index < -0.39 is 5.97 Å². The summed E-state index contributed by atoms with van der Waals surface area (Å²) in [5.41, 5.74) is 1.37. The molecule has 0 aliphatic rings. The quantitative estimate of drug-likeness (QED) is 0.613. The van der Waals surface area contributed by atoms with Crippen LogP contribution in [0.15, 0.2) is 30.3 Å². The van der Waals surface area contributed by atoms with Gasteiger partial charge in [0.15, 0.2) is 0 Å². The summed E-state index contributed by atoms with van der Waals surface area (Å²) in [7, 11) is 1.29. The van der Waals surface area contributed by atoms with Crippen molar-refractivity contribution in [2.24, 2.45) is 0 Å². The first-order chi connectivity index (χ1) is 9.97. The zero-order valence-corrected chi connectivity index (χ0v) is 12.4. The minimum absolute atomic E-state index is 0.0787. The third kappa shape index (κ3) is 5.11. The molecule has 1 rings (SSSR count). The molecule has 0 aliphatic heterocycles. The molecule has 5 nitrogen and oxygen atoms in total. The Bertz CT molecular complexity index is 568. The molecule has 0 heterocycles. The Kier molecular flexibility index (Phi) is 6.15. The van der Waals surface area contributed by atoms with Gasteiger partial charge in [0.1, 0.15) is 6.54 Å². The van der Waals surface area contributed by atoms with E-state index in [1.54, 1.807) is 30.3 Å². The minimum Gasteiger partial charge on any atom is -0.468 e. The maximum Gasteiger partial charge on any atom is 0.325 e. The summed E-state index contributed by atoms with van der Waals surface area (Å²) in [6.45, 7) is 3.58. The molecule has 0 unspecified atom stereocenters. The topological polar surface area (TPSA) is 70.4 Å². The lowest BCUT2D eigenvalue weighted by Crippen LogP contribution is -2.40. The second-order valence-electron chi connectivity index (χ2n) is 4.70. The van der Waals surface area contributed by atoms with Crippen LogP contribution in [0.5, 0.6) is 0 Å². The first-order valence-electron chi connectivity index (χ1n) is 6.53. The van der Waals surface area contributed by atoms with Crippen LogP contribution in [0, 0.1) is 11.3 Å². The normalized spacial score (nSPS) is 10.4. The van der Waals surface area contributed by atoms with E-state index in [1.807, 2.05) is 19.9 Å². The van der Waals surface area contributed by atoms with E-state index in [9.17, 15) is 9.59 Å². The summed E-state index contributed by atoms with van der Waals surface area (Å²) in [5, 5.41) is 8.72. The first kappa shape index (κ1) is 16.4. The highest BCUT2D eigenvalue weighted by atomic mass is 16.5. The van der Waals surface area contributed by atoms with E-state index in [0.717, 1.165) is 5.56 Å². The summed E-state index contributed by atoms with van der Waals surface area (Å²) in [4.78, 5) is 24.8. The third-order valence-corrected chi connectivity index (χ3v) is 2.89. The van der Waals surface area contributed by atoms with Crippen LogP contribution in [-0.2, 0) is 14.3 Å². The van der Waals surface area contributed by atoms with Crippen molar-refractivity contribution >= 4 is 18.0 Å². The molecular formula is C16H18N2O3. The van der Waals surface area contributed by atoms with Crippen molar-refractivity contribution in [3.63, 3.8) is 0 Å². The van der Waals surface area contributed by atoms with Crippen LogP contribution >= 0.6 is 0 Å². The number of ether oxygens (including phenoxy) is 1. The Morgan fingerprint density at radius 1 is 1.33 bits per heavy atom. The number of hydrogen-bond acceptors (Lipinski definition) is 4. The fourth-order valence-corrected chi connectivity index (χ4v) is 1.65. The average Bonchev–Trinajstić information content (AvgIpc) is 2.50. The molecular weight excluding hydrogens is 268 g/mol. The molecule has 0 aromatic heterocycles. The number of esters is 1. The largest absolute Gasteiger partial charge is 0.468 e. The Labute approximate surface area is 124 Å². The van der Waals surface area contributed by atoms with Crippen LogP contribution in [0.2, 0.25) is 0 Å². The number of rotatable bonds is 5. The van der Waals surface area contributed by atoms with Crippen LogP contribution < -0.4 is 0 Å². The molecule has 0 aliphatic carbocycles. The van der Waals surface area contributed by atoms with Gasteiger partial charge in [0, 0.05) is 12.1 Å². The van der Waals surface area contributed by atoms with Crippen molar-refractivity contribution in [3.05, 3.63) is 41.5 Å². The van der Waals surface area contributed by atoms with Crippen molar-refractivity contribution in [3.8, 4) is 6.07 Å². The number of carbonyl (C=O) groups is 2. The fourth-order valence-electron chi connectivity index (χ4n) is 1.65. The van der Waals surface area contributed by atoms with Gasteiger partial charge in [0.2, 0.25) is 5.91 Å². The summed E-state index contributed by atoms with van der Waals surface area (Å²) in [6.07, 6.45) is 3.06. The highest BCUT2D eigenvalue weighted by Crippen LogP contribution is 2.07. The van der Waals surface area contributed by atoms with E-state index >= 15 is 0 Å². The average molecular weight is 286 g/mol. The number of benzene rings is 1. The fraction of sp³-hybridized carbons (Fsp3) is 0.312. The van der Waals surface area contributed by atoms with Gasteiger partial charge in [-0.3, -0.25) is 9.59 Å². The molecule has 0 spiro atoms. The van der Waals surface area contributed by atoms with Gasteiger partial charge in [-0.2, -0.15) is 5.26 Å². The van der Waals surface area contributed by atoms with E-state index in [4.69, 9.17) is 5.26 Å². The lowest BCUT2D eigenvalue weighted by atomic mass is 10.1. The smallest absolute Gasteiger partial charge is 0.325 e. The molecule has 0 saturated heterocycles. The Hall–Kier alpha value is -2.61. The molecule has 1 aromatic rings. The Morgan fingerprint density at radius 3 is 2.43 bits per heavy atom. The first-order valence-corrected chi connectivity index (χ1v) is 6.53. The molecule has 21 heavy (non-hydrogen) atoms. The predicted molar refractivity (Wildman–Crippen MR) is 79.1 cm³/mol. The number of nitrogens with zero attached hydrogens (tertiary/aromatic N) is 2. The standard InChI is InChI=1S/C16H18N2O3/c1-12(2)18(11-16(20)21-3)15(19)9-8-13-4-6-14(10-17)7-5-13/h4-9,12H,11H2,1-3H3. The van der Waals surface area contributed by atoms with Crippen LogP contribution in [0.4, 0.5) is 0 Å². The molecule has 0 bridgehead atoms. The highest BCUT2D eigenvalue weighted by molar-refractivity contribution is 5.93. The Balaban J connectivity index is 2.78. The van der Waals surface area contributed by atoms with Crippen molar-refractivity contribution in [2.75, 3.05) is 13.7 Å². The number of amides is 1. The van der Waals surface area contributed by atoms with Gasteiger partial charge >= 0.3 is 5.97 Å². The molecule has 0 radical (unpaired) electrons. The van der Waals surface area contributed by atoms with E-state index in [2.05, 4.69) is 4.74 Å². The van der Waals surface area contributed by atoms with Crippen molar-refractivity contribution in [2.45, 2.75) is 19.9 Å². The van der Waals surface area contributed by atoms with Crippen molar-refractivity contribution < 1.29 is 14.3 Å². The summed E-state index contributed by atoms with van der Waals surface area (Å²) in [6, 6.07) is 8.78. The second-order valence-corrected chi connectivity index (χ2v) is 4.70. The minimum atomic E-state index is -0.455. The van der Waals surface area contributed by atoms with Crippen molar-refractivity contribution in [1.82, 2.24) is 4.90 Å². The van der Waals surface area contributed by atoms with Gasteiger partial charge in [0.05, 0.1) is 18.7 Å². The van der Waals surface area contributed by atoms with Gasteiger partial charge in [-0.05, 0) is 37.6 Å². The maximum absolute atomic E-state index is 12.1. The lowest BCUT2D eigenvalue weighted by Gasteiger charge is -2.23. The number of hydrogen-bond donors (Lipinski definition) is 0. The molecule has 1 amide bonds. The van der Waals surface area contributed by atoms with Gasteiger partial charge in [-0.25, -0.2) is 0 Å². The van der Waals surface area contributed by atoms with Gasteiger partial charge in [-0.1, -0.05) is 12.1 Å². The molecule has 5 heteroatoms. The highest BCUT2D eigenvalue weighted by Gasteiger charge is 2.18. The summed E-state index contributed by atoms with van der Waals surface area (Å²) in [5.74, 6) is -0.719. The lowest BCUT2D eigenvalue weighted by molar-refractivity contribution is -0.146. The summed E-state index contributed by atoms with van der Waals surface area (Å²) >= 11 is 0. The maximum atomic E-state index is 12.1. The zero-order chi connectivity index (χ0) is 15.8. The number of carbonyl (C=O) groups excluding carboxylic acids is 2. The van der Waals surface area contributed by atoms with Crippen LogP contribution in [-0.4, -0.2) is 36.5 Å². The number of methoxy groups -OCH3 is 1. The molecule has 0 atom stereocenters. The van der Waals surface area contributed by atoms with Gasteiger partial charge in [0.25, 0.3) is 0 Å². The monoisotopic (exact) mass is 286 g/mol. The van der Waals surface area contributed by atoms with E-state index in [-0.39, 0.29) is 18.5 Å². The van der Waals surface area contributed by atoms with Gasteiger partial charge in [-0.15, -0.1) is 0 Å².